The van der Waals surface area contributed by atoms with Crippen LogP contribution in [0.1, 0.15) is 23.2 Å². The maximum absolute atomic E-state index is 12.1. The predicted molar refractivity (Wildman–Crippen MR) is 83.2 cm³/mol. The van der Waals surface area contributed by atoms with Gasteiger partial charge in [0.2, 0.25) is 0 Å². The molecule has 2 fully saturated rings. The fourth-order valence-electron chi connectivity index (χ4n) is 2.22. The lowest BCUT2D eigenvalue weighted by atomic mass is 10.1. The first-order valence-electron chi connectivity index (χ1n) is 7.37. The molecule has 3 N–H and O–H groups in total. The van der Waals surface area contributed by atoms with Crippen LogP contribution in [0, 0.1) is 0 Å². The highest BCUT2D eigenvalue weighted by molar-refractivity contribution is 6.34. The molecule has 0 aromatic heterocycles. The molecule has 1 atom stereocenters. The predicted octanol–water partition coefficient (Wildman–Crippen LogP) is 1.16. The van der Waals surface area contributed by atoms with Gasteiger partial charge in [0.1, 0.15) is 6.10 Å². The van der Waals surface area contributed by atoms with Gasteiger partial charge in [-0.15, -0.1) is 0 Å². The first-order valence-corrected chi connectivity index (χ1v) is 7.75. The third-order valence-corrected chi connectivity index (χ3v) is 3.94. The van der Waals surface area contributed by atoms with E-state index in [0.717, 1.165) is 19.4 Å². The molecule has 1 unspecified atom stereocenters. The van der Waals surface area contributed by atoms with Crippen LogP contribution in [0.25, 0.3) is 0 Å². The minimum Gasteiger partial charge on any atom is -0.366 e. The number of anilines is 1. The number of morpholine rings is 1. The lowest BCUT2D eigenvalue weighted by Gasteiger charge is -2.22. The van der Waals surface area contributed by atoms with Crippen molar-refractivity contribution >= 4 is 29.1 Å². The largest absolute Gasteiger partial charge is 0.366 e. The topological polar surface area (TPSA) is 79.5 Å². The van der Waals surface area contributed by atoms with Gasteiger partial charge in [-0.1, -0.05) is 11.6 Å². The molecule has 1 aromatic carbocycles. The zero-order valence-electron chi connectivity index (χ0n) is 12.0. The van der Waals surface area contributed by atoms with Crippen molar-refractivity contribution in [3.63, 3.8) is 0 Å². The number of carbonyl (C=O) groups is 2. The number of halogens is 1. The molecule has 1 saturated heterocycles. The Labute approximate surface area is 133 Å². The normalized spacial score (nSPS) is 21.2. The Kier molecular flexibility index (Phi) is 4.61. The first-order chi connectivity index (χ1) is 10.6. The van der Waals surface area contributed by atoms with Gasteiger partial charge in [-0.05, 0) is 31.0 Å². The van der Waals surface area contributed by atoms with Crippen LogP contribution >= 0.6 is 11.6 Å². The Hall–Kier alpha value is -1.63. The molecule has 1 aromatic rings. The van der Waals surface area contributed by atoms with Crippen molar-refractivity contribution in [1.29, 1.82) is 0 Å². The SMILES string of the molecule is O=C(NC1CC1)c1cc(NC(=O)C2CNCCO2)ccc1Cl. The van der Waals surface area contributed by atoms with Crippen molar-refractivity contribution in [3.8, 4) is 0 Å². The number of hydrogen-bond donors (Lipinski definition) is 3. The van der Waals surface area contributed by atoms with Crippen molar-refractivity contribution in [2.75, 3.05) is 25.0 Å². The highest BCUT2D eigenvalue weighted by Crippen LogP contribution is 2.24. The van der Waals surface area contributed by atoms with E-state index in [1.807, 2.05) is 0 Å². The van der Waals surface area contributed by atoms with Crippen LogP contribution in [0.3, 0.4) is 0 Å². The van der Waals surface area contributed by atoms with Gasteiger partial charge in [-0.3, -0.25) is 9.59 Å². The Balaban J connectivity index is 1.67. The van der Waals surface area contributed by atoms with Gasteiger partial charge in [0.25, 0.3) is 11.8 Å². The summed E-state index contributed by atoms with van der Waals surface area (Å²) in [6, 6.07) is 5.13. The van der Waals surface area contributed by atoms with Crippen LogP contribution in [0.5, 0.6) is 0 Å². The van der Waals surface area contributed by atoms with E-state index in [9.17, 15) is 9.59 Å². The van der Waals surface area contributed by atoms with E-state index in [1.54, 1.807) is 18.2 Å². The van der Waals surface area contributed by atoms with E-state index in [4.69, 9.17) is 16.3 Å². The van der Waals surface area contributed by atoms with Crippen LogP contribution < -0.4 is 16.0 Å². The number of benzene rings is 1. The molecular weight excluding hydrogens is 306 g/mol. The highest BCUT2D eigenvalue weighted by atomic mass is 35.5. The molecule has 7 heteroatoms. The lowest BCUT2D eigenvalue weighted by Crippen LogP contribution is -2.45. The minimum atomic E-state index is -0.520. The van der Waals surface area contributed by atoms with Crippen LogP contribution in [0.15, 0.2) is 18.2 Å². The van der Waals surface area contributed by atoms with Crippen LogP contribution in [-0.4, -0.2) is 43.7 Å². The zero-order valence-corrected chi connectivity index (χ0v) is 12.8. The average molecular weight is 324 g/mol. The Bertz CT molecular complexity index is 583. The van der Waals surface area contributed by atoms with Crippen molar-refractivity contribution in [3.05, 3.63) is 28.8 Å². The van der Waals surface area contributed by atoms with E-state index >= 15 is 0 Å². The Morgan fingerprint density at radius 3 is 2.82 bits per heavy atom. The van der Waals surface area contributed by atoms with E-state index in [0.29, 0.717) is 29.4 Å². The van der Waals surface area contributed by atoms with Crippen molar-refractivity contribution in [2.45, 2.75) is 25.0 Å². The van der Waals surface area contributed by atoms with Gasteiger partial charge in [0, 0.05) is 24.8 Å². The maximum atomic E-state index is 12.1. The monoisotopic (exact) mass is 323 g/mol. The van der Waals surface area contributed by atoms with E-state index < -0.39 is 6.10 Å². The van der Waals surface area contributed by atoms with Crippen molar-refractivity contribution in [1.82, 2.24) is 10.6 Å². The van der Waals surface area contributed by atoms with Crippen molar-refractivity contribution in [2.24, 2.45) is 0 Å². The summed E-state index contributed by atoms with van der Waals surface area (Å²) in [5, 5.41) is 9.11. The summed E-state index contributed by atoms with van der Waals surface area (Å²) in [5.41, 5.74) is 0.901. The maximum Gasteiger partial charge on any atom is 0.254 e. The summed E-state index contributed by atoms with van der Waals surface area (Å²) in [6.45, 7) is 1.73. The molecule has 118 valence electrons. The fourth-order valence-corrected chi connectivity index (χ4v) is 2.43. The molecule has 0 spiro atoms. The summed E-state index contributed by atoms with van der Waals surface area (Å²) in [4.78, 5) is 24.2. The summed E-state index contributed by atoms with van der Waals surface area (Å²) in [6.07, 6.45) is 1.49. The molecule has 3 rings (SSSR count). The number of carbonyl (C=O) groups excluding carboxylic acids is 2. The molecule has 2 aliphatic rings. The molecular formula is C15H18ClN3O3. The molecule has 0 radical (unpaired) electrons. The second-order valence-corrected chi connectivity index (χ2v) is 5.90. The van der Waals surface area contributed by atoms with Gasteiger partial charge < -0.3 is 20.7 Å². The highest BCUT2D eigenvalue weighted by Gasteiger charge is 2.25. The molecule has 22 heavy (non-hydrogen) atoms. The molecule has 1 saturated carbocycles. The Morgan fingerprint density at radius 2 is 2.14 bits per heavy atom. The summed E-state index contributed by atoms with van der Waals surface area (Å²) in [7, 11) is 0. The van der Waals surface area contributed by atoms with Gasteiger partial charge in [0.05, 0.1) is 17.2 Å². The quantitative estimate of drug-likeness (QED) is 0.777. The number of amides is 2. The van der Waals surface area contributed by atoms with Gasteiger partial charge in [0.15, 0.2) is 0 Å². The van der Waals surface area contributed by atoms with E-state index in [2.05, 4.69) is 16.0 Å². The van der Waals surface area contributed by atoms with Gasteiger partial charge in [-0.2, -0.15) is 0 Å². The van der Waals surface area contributed by atoms with Crippen LogP contribution in [0.2, 0.25) is 5.02 Å². The molecule has 1 heterocycles. The lowest BCUT2D eigenvalue weighted by molar-refractivity contribution is -0.128. The molecule has 2 amide bonds. The summed E-state index contributed by atoms with van der Waals surface area (Å²) >= 11 is 6.07. The third-order valence-electron chi connectivity index (χ3n) is 3.61. The number of ether oxygens (including phenoxy) is 1. The smallest absolute Gasteiger partial charge is 0.254 e. The summed E-state index contributed by atoms with van der Waals surface area (Å²) < 4.78 is 5.39. The minimum absolute atomic E-state index is 0.209. The van der Waals surface area contributed by atoms with Crippen LogP contribution in [-0.2, 0) is 9.53 Å². The third kappa shape index (κ3) is 3.76. The number of rotatable bonds is 4. The Morgan fingerprint density at radius 1 is 1.32 bits per heavy atom. The van der Waals surface area contributed by atoms with Gasteiger partial charge >= 0.3 is 0 Å². The number of hydrogen-bond acceptors (Lipinski definition) is 4. The van der Waals surface area contributed by atoms with Gasteiger partial charge in [-0.25, -0.2) is 0 Å². The summed E-state index contributed by atoms with van der Waals surface area (Å²) in [5.74, 6) is -0.442. The zero-order chi connectivity index (χ0) is 15.5. The standard InChI is InChI=1S/C15H18ClN3O3/c16-12-4-3-10(7-11(12)14(20)18-9-1-2-9)19-15(21)13-8-17-5-6-22-13/h3-4,7,9,13,17H,1-2,5-6,8H2,(H,18,20)(H,19,21). The van der Waals surface area contributed by atoms with Crippen LogP contribution in [0.4, 0.5) is 5.69 Å². The first kappa shape index (κ1) is 15.3. The average Bonchev–Trinajstić information content (AvgIpc) is 3.34. The van der Waals surface area contributed by atoms with Crippen molar-refractivity contribution < 1.29 is 14.3 Å². The van der Waals surface area contributed by atoms with E-state index in [-0.39, 0.29) is 17.9 Å². The number of nitrogens with one attached hydrogen (secondary N) is 3. The second-order valence-electron chi connectivity index (χ2n) is 5.50. The molecule has 1 aliphatic carbocycles. The molecule has 6 nitrogen and oxygen atoms in total. The molecule has 1 aliphatic heterocycles. The fraction of sp³-hybridized carbons (Fsp3) is 0.467. The molecule has 0 bridgehead atoms. The van der Waals surface area contributed by atoms with E-state index in [1.165, 1.54) is 0 Å². The second kappa shape index (κ2) is 6.64.